The fraction of sp³-hybridized carbons (Fsp3) is 0.296. The van der Waals surface area contributed by atoms with Crippen molar-refractivity contribution >= 4 is 40.8 Å². The maximum absolute atomic E-state index is 14.9. The zero-order valence-corrected chi connectivity index (χ0v) is 21.5. The van der Waals surface area contributed by atoms with Gasteiger partial charge in [-0.1, -0.05) is 44.4 Å². The molecule has 0 saturated carbocycles. The Kier molecular flexibility index (Phi) is 7.49. The van der Waals surface area contributed by atoms with Crippen LogP contribution in [0.15, 0.2) is 42.6 Å². The van der Waals surface area contributed by atoms with Gasteiger partial charge in [-0.3, -0.25) is 5.32 Å². The molecule has 3 aromatic rings. The van der Waals surface area contributed by atoms with Crippen molar-refractivity contribution in [3.63, 3.8) is 0 Å². The lowest BCUT2D eigenvalue weighted by Gasteiger charge is -2.34. The van der Waals surface area contributed by atoms with Crippen LogP contribution < -0.4 is 24.8 Å². The van der Waals surface area contributed by atoms with Crippen molar-refractivity contribution in [2.75, 3.05) is 23.4 Å². The number of hydrogen-bond donors (Lipinski definition) is 1. The number of allylic oxidation sites excluding steroid dienone is 2. The van der Waals surface area contributed by atoms with Gasteiger partial charge in [0.2, 0.25) is 5.95 Å². The number of ether oxygens (including phenoxy) is 1. The monoisotopic (exact) mass is 509 g/mol. The zero-order valence-electron chi connectivity index (χ0n) is 20.7. The lowest BCUT2D eigenvalue weighted by molar-refractivity contribution is 0.287. The second kappa shape index (κ2) is 10.6. The highest BCUT2D eigenvalue weighted by Gasteiger charge is 2.25. The van der Waals surface area contributed by atoms with Gasteiger partial charge in [0.25, 0.3) is 0 Å². The van der Waals surface area contributed by atoms with E-state index < -0.39 is 11.6 Å². The third-order valence-electron chi connectivity index (χ3n) is 5.82. The van der Waals surface area contributed by atoms with E-state index >= 15 is 0 Å². The molecule has 36 heavy (non-hydrogen) atoms. The first-order valence-corrected chi connectivity index (χ1v) is 12.6. The Morgan fingerprint density at radius 3 is 2.75 bits per heavy atom. The van der Waals surface area contributed by atoms with Crippen LogP contribution in [0.4, 0.5) is 25.5 Å². The van der Waals surface area contributed by atoms with Gasteiger partial charge in [-0.05, 0) is 49.6 Å². The predicted octanol–water partition coefficient (Wildman–Crippen LogP) is 5.33. The van der Waals surface area contributed by atoms with E-state index in [1.807, 2.05) is 24.8 Å². The van der Waals surface area contributed by atoms with Gasteiger partial charge < -0.3 is 9.64 Å². The summed E-state index contributed by atoms with van der Waals surface area (Å²) in [7, 11) is 0. The third-order valence-corrected chi connectivity index (χ3v) is 6.66. The van der Waals surface area contributed by atoms with Gasteiger partial charge in [-0.15, -0.1) is 0 Å². The molecule has 9 heteroatoms. The molecular weight excluding hydrogens is 480 g/mol. The first-order valence-electron chi connectivity index (χ1n) is 11.8. The molecule has 0 unspecified atom stereocenters. The van der Waals surface area contributed by atoms with Gasteiger partial charge >= 0.3 is 0 Å². The molecule has 0 bridgehead atoms. The lowest BCUT2D eigenvalue weighted by Crippen LogP contribution is -2.38. The molecular formula is C27H29F2N5OS. The number of rotatable bonds is 8. The maximum atomic E-state index is 14.9. The number of anilines is 3. The summed E-state index contributed by atoms with van der Waals surface area (Å²) < 4.78 is 36.0. The van der Waals surface area contributed by atoms with Crippen molar-refractivity contribution in [2.24, 2.45) is 0 Å². The number of thiazole rings is 1. The van der Waals surface area contributed by atoms with Crippen LogP contribution in [0.5, 0.6) is 5.75 Å². The molecule has 3 heterocycles. The SMILES string of the molecule is C=C(/C=c1/nc(Nc2ncc(F)c(-c3cc(F)c4c(c3)N(C(C)C)CCO4)n2)sc1=C)C(=C)CCC. The van der Waals surface area contributed by atoms with Crippen LogP contribution in [-0.4, -0.2) is 34.1 Å². The summed E-state index contributed by atoms with van der Waals surface area (Å²) in [5.41, 5.74) is 2.59. The Balaban J connectivity index is 1.66. The van der Waals surface area contributed by atoms with Gasteiger partial charge in [-0.25, -0.2) is 23.7 Å². The molecule has 2 aromatic heterocycles. The number of nitrogens with one attached hydrogen (secondary N) is 1. The van der Waals surface area contributed by atoms with E-state index in [1.165, 1.54) is 17.4 Å². The second-order valence-corrected chi connectivity index (χ2v) is 9.89. The standard InChI is InChI=1S/C27H29F2N5OS/c1-7-8-16(4)17(5)11-22-18(6)36-27(31-22)33-26-30-14-21(29)24(32-26)19-12-20(28)25-23(13-19)34(15(2)3)9-10-35-25/h11-15H,4-10H2,1-3H3,(H,30,31,32,33)/b22-11+. The Morgan fingerprint density at radius 2 is 2.03 bits per heavy atom. The van der Waals surface area contributed by atoms with Crippen molar-refractivity contribution < 1.29 is 13.5 Å². The van der Waals surface area contributed by atoms with Crippen LogP contribution in [0.1, 0.15) is 33.6 Å². The lowest BCUT2D eigenvalue weighted by atomic mass is 10.0. The number of halogens is 2. The van der Waals surface area contributed by atoms with E-state index in [9.17, 15) is 8.78 Å². The van der Waals surface area contributed by atoms with Crippen LogP contribution in [0.2, 0.25) is 0 Å². The van der Waals surface area contributed by atoms with Crippen LogP contribution in [0.25, 0.3) is 23.9 Å². The van der Waals surface area contributed by atoms with E-state index in [1.54, 1.807) is 6.07 Å². The summed E-state index contributed by atoms with van der Waals surface area (Å²) in [6.07, 6.45) is 4.74. The molecule has 0 atom stereocenters. The molecule has 4 rings (SSSR count). The molecule has 0 amide bonds. The summed E-state index contributed by atoms with van der Waals surface area (Å²) in [6, 6.07) is 3.06. The third kappa shape index (κ3) is 5.31. The first kappa shape index (κ1) is 25.5. The molecule has 0 aliphatic carbocycles. The molecule has 0 spiro atoms. The van der Waals surface area contributed by atoms with Crippen LogP contribution in [0, 0.1) is 11.6 Å². The van der Waals surface area contributed by atoms with E-state index in [0.29, 0.717) is 34.9 Å². The number of fused-ring (bicyclic) bond motifs is 1. The highest BCUT2D eigenvalue weighted by atomic mass is 32.1. The average Bonchev–Trinajstić information content (AvgIpc) is 3.18. The van der Waals surface area contributed by atoms with E-state index in [0.717, 1.165) is 34.7 Å². The Morgan fingerprint density at radius 1 is 1.25 bits per heavy atom. The average molecular weight is 510 g/mol. The highest BCUT2D eigenvalue weighted by molar-refractivity contribution is 7.13. The summed E-state index contributed by atoms with van der Waals surface area (Å²) in [6.45, 7) is 19.3. The number of hydrogen-bond acceptors (Lipinski definition) is 7. The zero-order chi connectivity index (χ0) is 26.0. The van der Waals surface area contributed by atoms with Crippen molar-refractivity contribution in [1.82, 2.24) is 15.0 Å². The van der Waals surface area contributed by atoms with Gasteiger partial charge in [-0.2, -0.15) is 0 Å². The first-order chi connectivity index (χ1) is 17.2. The Hall–Kier alpha value is -3.59. The molecule has 0 fully saturated rings. The van der Waals surface area contributed by atoms with Gasteiger partial charge in [0.15, 0.2) is 22.5 Å². The largest absolute Gasteiger partial charge is 0.486 e. The maximum Gasteiger partial charge on any atom is 0.229 e. The highest BCUT2D eigenvalue weighted by Crippen LogP contribution is 2.39. The molecule has 6 nitrogen and oxygen atoms in total. The van der Waals surface area contributed by atoms with Gasteiger partial charge in [0, 0.05) is 16.1 Å². The molecule has 0 saturated heterocycles. The summed E-state index contributed by atoms with van der Waals surface area (Å²) in [4.78, 5) is 14.9. The summed E-state index contributed by atoms with van der Waals surface area (Å²) in [5, 5.41) is 4.17. The normalized spacial score (nSPS) is 13.5. The van der Waals surface area contributed by atoms with Crippen molar-refractivity contribution in [3.05, 3.63) is 64.1 Å². The number of benzene rings is 1. The number of nitrogens with zero attached hydrogens (tertiary/aromatic N) is 4. The van der Waals surface area contributed by atoms with E-state index in [2.05, 4.69) is 46.9 Å². The minimum absolute atomic E-state index is 0.0223. The van der Waals surface area contributed by atoms with Crippen molar-refractivity contribution in [1.29, 1.82) is 0 Å². The van der Waals surface area contributed by atoms with E-state index in [4.69, 9.17) is 4.74 Å². The molecule has 1 aromatic carbocycles. The summed E-state index contributed by atoms with van der Waals surface area (Å²) in [5.74, 6) is -0.920. The number of aromatic nitrogens is 3. The Bertz CT molecular complexity index is 1430. The minimum atomic E-state index is -0.663. The molecule has 188 valence electrons. The summed E-state index contributed by atoms with van der Waals surface area (Å²) >= 11 is 1.31. The van der Waals surface area contributed by atoms with Crippen molar-refractivity contribution in [3.8, 4) is 17.0 Å². The second-order valence-electron chi connectivity index (χ2n) is 8.81. The molecule has 1 N–H and O–H groups in total. The minimum Gasteiger partial charge on any atom is -0.486 e. The smallest absolute Gasteiger partial charge is 0.229 e. The molecule has 0 radical (unpaired) electrons. The fourth-order valence-corrected chi connectivity index (χ4v) is 4.69. The van der Waals surface area contributed by atoms with E-state index in [-0.39, 0.29) is 23.4 Å². The van der Waals surface area contributed by atoms with Gasteiger partial charge in [0.1, 0.15) is 12.3 Å². The van der Waals surface area contributed by atoms with Crippen molar-refractivity contribution in [2.45, 2.75) is 39.7 Å². The predicted molar refractivity (Wildman–Crippen MR) is 143 cm³/mol. The molecule has 1 aliphatic rings. The van der Waals surface area contributed by atoms with Gasteiger partial charge in [0.05, 0.1) is 23.8 Å². The Labute approximate surface area is 213 Å². The van der Waals surface area contributed by atoms with Crippen LogP contribution in [0.3, 0.4) is 0 Å². The fourth-order valence-electron chi connectivity index (χ4n) is 3.96. The van der Waals surface area contributed by atoms with Crippen LogP contribution in [-0.2, 0) is 0 Å². The van der Waals surface area contributed by atoms with Crippen LogP contribution >= 0.6 is 11.3 Å². The topological polar surface area (TPSA) is 63.2 Å². The molecule has 1 aliphatic heterocycles. The quantitative estimate of drug-likeness (QED) is 0.414.